The summed E-state index contributed by atoms with van der Waals surface area (Å²) in [5.74, 6) is 2.28. The van der Waals surface area contributed by atoms with Crippen LogP contribution in [-0.4, -0.2) is 38.7 Å². The van der Waals surface area contributed by atoms with Gasteiger partial charge in [-0.25, -0.2) is 9.79 Å². The fourth-order valence-corrected chi connectivity index (χ4v) is 6.37. The van der Waals surface area contributed by atoms with Crippen LogP contribution < -0.4 is 38.6 Å². The zero-order valence-electron chi connectivity index (χ0n) is 24.2. The maximum atomic E-state index is 14.0. The Kier molecular flexibility index (Phi) is 8.07. The number of hydrogen-bond donors (Lipinski definition) is 0. The molecule has 1 atom stereocenters. The second-order valence-corrected chi connectivity index (χ2v) is 11.3. The highest BCUT2D eigenvalue weighted by Gasteiger charge is 2.35. The number of benzene rings is 3. The van der Waals surface area contributed by atoms with E-state index in [9.17, 15) is 9.59 Å². The van der Waals surface area contributed by atoms with E-state index in [1.807, 2.05) is 24.3 Å². The smallest absolute Gasteiger partial charge is 0.338 e. The van der Waals surface area contributed by atoms with Crippen molar-refractivity contribution in [2.45, 2.75) is 19.6 Å². The molecule has 6 rings (SSSR count). The average molecular weight is 635 g/mol. The molecule has 44 heavy (non-hydrogen) atoms. The van der Waals surface area contributed by atoms with Gasteiger partial charge in [0.2, 0.25) is 6.79 Å². The zero-order valence-corrected chi connectivity index (χ0v) is 25.8. The molecule has 0 amide bonds. The lowest BCUT2D eigenvalue weighted by Crippen LogP contribution is -2.40. The minimum absolute atomic E-state index is 0.203. The van der Waals surface area contributed by atoms with Gasteiger partial charge in [0.05, 0.1) is 37.1 Å². The van der Waals surface area contributed by atoms with E-state index in [1.165, 1.54) is 30.1 Å². The van der Waals surface area contributed by atoms with Crippen LogP contribution in [0.5, 0.6) is 28.7 Å². The van der Waals surface area contributed by atoms with Crippen molar-refractivity contribution >= 4 is 35.0 Å². The van der Waals surface area contributed by atoms with E-state index in [4.69, 9.17) is 40.0 Å². The SMILES string of the molecule is COC(=O)C1=C(C)N=c2s/c(=C\c3ccc(OCc4ccc5c(c4)OCO5)c(OC)c3)c(=O)n2[C@@H]1c1cc(Cl)ccc1OC. The molecule has 0 saturated heterocycles. The molecule has 0 saturated carbocycles. The molecule has 0 bridgehead atoms. The van der Waals surface area contributed by atoms with Crippen LogP contribution in [0.15, 0.2) is 75.7 Å². The van der Waals surface area contributed by atoms with Crippen LogP contribution in [0.4, 0.5) is 0 Å². The third-order valence-corrected chi connectivity index (χ3v) is 8.45. The number of ether oxygens (including phenoxy) is 6. The first-order chi connectivity index (χ1) is 21.3. The first-order valence-corrected chi connectivity index (χ1v) is 14.6. The van der Waals surface area contributed by atoms with E-state index < -0.39 is 12.0 Å². The van der Waals surface area contributed by atoms with Gasteiger partial charge in [0.25, 0.3) is 5.56 Å². The molecule has 226 valence electrons. The summed E-state index contributed by atoms with van der Waals surface area (Å²) >= 11 is 7.56. The molecule has 0 unspecified atom stereocenters. The number of aromatic nitrogens is 1. The van der Waals surface area contributed by atoms with Crippen LogP contribution in [-0.2, 0) is 16.1 Å². The number of nitrogens with zero attached hydrogens (tertiary/aromatic N) is 2. The maximum Gasteiger partial charge on any atom is 0.338 e. The van der Waals surface area contributed by atoms with E-state index in [0.29, 0.717) is 66.5 Å². The highest BCUT2D eigenvalue weighted by atomic mass is 35.5. The molecular formula is C32H27ClN2O8S. The lowest BCUT2D eigenvalue weighted by Gasteiger charge is -2.25. The van der Waals surface area contributed by atoms with Crippen LogP contribution in [0.3, 0.4) is 0 Å². The van der Waals surface area contributed by atoms with Crippen molar-refractivity contribution in [3.05, 3.63) is 107 Å². The van der Waals surface area contributed by atoms with Gasteiger partial charge in [-0.3, -0.25) is 9.36 Å². The highest BCUT2D eigenvalue weighted by molar-refractivity contribution is 7.07. The first-order valence-electron chi connectivity index (χ1n) is 13.4. The summed E-state index contributed by atoms with van der Waals surface area (Å²) in [7, 11) is 4.35. The Balaban J connectivity index is 1.37. The monoisotopic (exact) mass is 634 g/mol. The van der Waals surface area contributed by atoms with E-state index >= 15 is 0 Å². The Hall–Kier alpha value is -4.74. The molecule has 0 fully saturated rings. The van der Waals surface area contributed by atoms with E-state index in [2.05, 4.69) is 4.99 Å². The first kappa shape index (κ1) is 29.3. The van der Waals surface area contributed by atoms with Crippen molar-refractivity contribution in [1.82, 2.24) is 4.57 Å². The topological polar surface area (TPSA) is 107 Å². The summed E-state index contributed by atoms with van der Waals surface area (Å²) in [6.07, 6.45) is 1.75. The van der Waals surface area contributed by atoms with Crippen LogP contribution in [0.1, 0.15) is 29.7 Å². The minimum Gasteiger partial charge on any atom is -0.496 e. The fourth-order valence-electron chi connectivity index (χ4n) is 5.14. The Labute approximate surface area is 260 Å². The molecule has 0 aliphatic carbocycles. The van der Waals surface area contributed by atoms with Gasteiger partial charge in [-0.1, -0.05) is 35.1 Å². The molecule has 3 heterocycles. The standard InChI is InChI=1S/C32H27ClN2O8S/c1-17-28(31(37)40-4)29(21-14-20(33)7-10-22(21)38-2)35-30(36)27(44-32(35)34-17)13-18-5-8-23(25(11-18)39-3)41-15-19-6-9-24-26(12-19)43-16-42-24/h5-14,29H,15-16H2,1-4H3/b27-13-/t29-/m1/s1. The van der Waals surface area contributed by atoms with Crippen LogP contribution in [0.25, 0.3) is 6.08 Å². The minimum atomic E-state index is -0.865. The number of carbonyl (C=O) groups excluding carboxylic acids is 1. The van der Waals surface area contributed by atoms with Crippen molar-refractivity contribution in [2.75, 3.05) is 28.1 Å². The number of fused-ring (bicyclic) bond motifs is 2. The number of thiazole rings is 1. The number of rotatable bonds is 8. The molecule has 0 N–H and O–H groups in total. The summed E-state index contributed by atoms with van der Waals surface area (Å²) in [6, 6.07) is 15.2. The summed E-state index contributed by atoms with van der Waals surface area (Å²) in [4.78, 5) is 32.0. The summed E-state index contributed by atoms with van der Waals surface area (Å²) < 4.78 is 35.0. The maximum absolute atomic E-state index is 14.0. The van der Waals surface area contributed by atoms with Gasteiger partial charge < -0.3 is 28.4 Å². The predicted molar refractivity (Wildman–Crippen MR) is 164 cm³/mol. The van der Waals surface area contributed by atoms with Gasteiger partial charge >= 0.3 is 5.97 Å². The molecule has 4 aromatic rings. The van der Waals surface area contributed by atoms with Gasteiger partial charge in [0, 0.05) is 10.6 Å². The Morgan fingerprint density at radius 3 is 2.57 bits per heavy atom. The van der Waals surface area contributed by atoms with Gasteiger partial charge in [-0.05, 0) is 66.6 Å². The van der Waals surface area contributed by atoms with Crippen LogP contribution >= 0.6 is 22.9 Å². The molecule has 12 heteroatoms. The predicted octanol–water partition coefficient (Wildman–Crippen LogP) is 4.39. The largest absolute Gasteiger partial charge is 0.496 e. The van der Waals surface area contributed by atoms with Crippen molar-refractivity contribution < 1.29 is 33.2 Å². The van der Waals surface area contributed by atoms with Crippen LogP contribution in [0.2, 0.25) is 5.02 Å². The van der Waals surface area contributed by atoms with Crippen molar-refractivity contribution in [2.24, 2.45) is 4.99 Å². The quantitative estimate of drug-likeness (QED) is 0.263. The van der Waals surface area contributed by atoms with Gasteiger partial charge in [0.1, 0.15) is 18.4 Å². The number of allylic oxidation sites excluding steroid dienone is 1. The number of hydrogen-bond acceptors (Lipinski definition) is 10. The van der Waals surface area contributed by atoms with Crippen molar-refractivity contribution in [1.29, 1.82) is 0 Å². The zero-order chi connectivity index (χ0) is 31.0. The molecule has 2 aliphatic rings. The molecule has 0 spiro atoms. The van der Waals surface area contributed by atoms with Gasteiger partial charge in [-0.15, -0.1) is 0 Å². The molecule has 1 aromatic heterocycles. The number of methoxy groups -OCH3 is 3. The third-order valence-electron chi connectivity index (χ3n) is 7.23. The van der Waals surface area contributed by atoms with Crippen molar-refractivity contribution in [3.63, 3.8) is 0 Å². The Morgan fingerprint density at radius 1 is 1.02 bits per heavy atom. The lowest BCUT2D eigenvalue weighted by molar-refractivity contribution is -0.136. The summed E-state index contributed by atoms with van der Waals surface area (Å²) in [5, 5.41) is 0.426. The number of carbonyl (C=O) groups is 1. The molecule has 3 aromatic carbocycles. The second kappa shape index (κ2) is 12.1. The molecular weight excluding hydrogens is 608 g/mol. The van der Waals surface area contributed by atoms with E-state index in [1.54, 1.807) is 50.4 Å². The fraction of sp³-hybridized carbons (Fsp3) is 0.219. The average Bonchev–Trinajstić information content (AvgIpc) is 3.62. The summed E-state index contributed by atoms with van der Waals surface area (Å²) in [6.45, 7) is 2.20. The Morgan fingerprint density at radius 2 is 1.80 bits per heavy atom. The van der Waals surface area contributed by atoms with Gasteiger partial charge in [-0.2, -0.15) is 0 Å². The molecule has 10 nitrogen and oxygen atoms in total. The lowest BCUT2D eigenvalue weighted by atomic mass is 9.95. The molecule has 0 radical (unpaired) electrons. The summed E-state index contributed by atoms with van der Waals surface area (Å²) in [5.41, 5.74) is 2.47. The highest BCUT2D eigenvalue weighted by Crippen LogP contribution is 2.37. The normalized spacial score (nSPS) is 15.5. The van der Waals surface area contributed by atoms with Gasteiger partial charge in [0.15, 0.2) is 27.8 Å². The van der Waals surface area contributed by atoms with Crippen LogP contribution in [0, 0.1) is 0 Å². The third kappa shape index (κ3) is 5.40. The van der Waals surface area contributed by atoms with E-state index in [-0.39, 0.29) is 17.9 Å². The van der Waals surface area contributed by atoms with Crippen molar-refractivity contribution in [3.8, 4) is 28.7 Å². The molecule has 2 aliphatic heterocycles. The Bertz CT molecular complexity index is 2000. The second-order valence-electron chi connectivity index (χ2n) is 9.85. The van der Waals surface area contributed by atoms with E-state index in [0.717, 1.165) is 5.56 Å². The number of halogens is 1. The number of esters is 1.